The fraction of sp³-hybridized carbons (Fsp3) is 0.647. The van der Waals surface area contributed by atoms with Crippen LogP contribution in [0.1, 0.15) is 39.2 Å². The number of aliphatic hydroxyl groups is 2. The summed E-state index contributed by atoms with van der Waals surface area (Å²) in [5, 5.41) is 18.7. The Morgan fingerprint density at radius 2 is 1.96 bits per heavy atom. The minimum absolute atomic E-state index is 0.0556. The first kappa shape index (κ1) is 22.3. The van der Waals surface area contributed by atoms with E-state index in [9.17, 15) is 0 Å². The Morgan fingerprint density at radius 3 is 2.42 bits per heavy atom. The number of hydrogen-bond acceptors (Lipinski definition) is 7. The Bertz CT molecular complexity index is 554. The summed E-state index contributed by atoms with van der Waals surface area (Å²) < 4.78 is 10.3. The summed E-state index contributed by atoms with van der Waals surface area (Å²) in [6.07, 6.45) is 5.33. The minimum Gasteiger partial charge on any atom is -0.458 e. The van der Waals surface area contributed by atoms with E-state index >= 15 is 0 Å². The van der Waals surface area contributed by atoms with Gasteiger partial charge in [-0.3, -0.25) is 0 Å². The molecule has 2 aromatic heterocycles. The fourth-order valence-electron chi connectivity index (χ4n) is 1.95. The molecule has 138 valence electrons. The van der Waals surface area contributed by atoms with Gasteiger partial charge in [0.1, 0.15) is 11.8 Å². The highest BCUT2D eigenvalue weighted by atomic mass is 16.5. The van der Waals surface area contributed by atoms with Gasteiger partial charge in [-0.05, 0) is 27.2 Å². The van der Waals surface area contributed by atoms with E-state index in [2.05, 4.69) is 36.1 Å². The molecule has 0 amide bonds. The van der Waals surface area contributed by atoms with Crippen molar-refractivity contribution < 1.29 is 19.4 Å². The van der Waals surface area contributed by atoms with E-state index in [1.807, 2.05) is 6.92 Å². The van der Waals surface area contributed by atoms with Crippen LogP contribution < -0.4 is 5.32 Å². The number of furan rings is 1. The van der Waals surface area contributed by atoms with Crippen molar-refractivity contribution in [2.45, 2.75) is 52.7 Å². The molecule has 0 aliphatic rings. The molecule has 0 aromatic carbocycles. The molecule has 0 aliphatic carbocycles. The predicted octanol–water partition coefficient (Wildman–Crippen LogP) is 2.75. The first-order valence-electron chi connectivity index (χ1n) is 8.07. The van der Waals surface area contributed by atoms with Crippen LogP contribution in [0, 0.1) is 6.92 Å². The van der Waals surface area contributed by atoms with Crippen LogP contribution in [0.5, 0.6) is 0 Å². The van der Waals surface area contributed by atoms with E-state index in [1.54, 1.807) is 19.7 Å². The van der Waals surface area contributed by atoms with Gasteiger partial charge in [-0.2, -0.15) is 0 Å². The van der Waals surface area contributed by atoms with E-state index in [0.717, 1.165) is 42.4 Å². The van der Waals surface area contributed by atoms with Crippen molar-refractivity contribution in [1.82, 2.24) is 9.97 Å². The van der Waals surface area contributed by atoms with Crippen LogP contribution in [0.3, 0.4) is 0 Å². The highest BCUT2D eigenvalue weighted by molar-refractivity contribution is 5.85. The van der Waals surface area contributed by atoms with Gasteiger partial charge in [0.05, 0.1) is 19.0 Å². The Balaban J connectivity index is 0.000000456. The lowest BCUT2D eigenvalue weighted by atomic mass is 10.2. The Hall–Kier alpha value is -1.70. The number of methoxy groups -OCH3 is 1. The van der Waals surface area contributed by atoms with Crippen molar-refractivity contribution in [1.29, 1.82) is 0 Å². The minimum atomic E-state index is 0.0556. The first-order valence-corrected chi connectivity index (χ1v) is 8.07. The number of aryl methyl sites for hydroxylation is 1. The van der Waals surface area contributed by atoms with Crippen LogP contribution in [0.25, 0.3) is 11.1 Å². The number of aliphatic hydroxyl groups excluding tert-OH is 2. The van der Waals surface area contributed by atoms with Crippen LogP contribution in [0.4, 0.5) is 5.82 Å². The number of anilines is 1. The molecule has 7 heteroatoms. The molecule has 2 aromatic rings. The topological polar surface area (TPSA) is 101 Å². The van der Waals surface area contributed by atoms with Crippen molar-refractivity contribution >= 4 is 16.9 Å². The number of rotatable bonds is 6. The maximum atomic E-state index is 8.53. The monoisotopic (exact) mass is 341 g/mol. The quantitative estimate of drug-likeness (QED) is 0.742. The van der Waals surface area contributed by atoms with Gasteiger partial charge in [0.15, 0.2) is 11.4 Å². The van der Waals surface area contributed by atoms with Crippen molar-refractivity contribution in [3.63, 3.8) is 0 Å². The first-order chi connectivity index (χ1) is 11.5. The predicted molar refractivity (Wildman–Crippen MR) is 96.2 cm³/mol. The lowest BCUT2D eigenvalue weighted by Gasteiger charge is -2.08. The average molecular weight is 341 g/mol. The largest absolute Gasteiger partial charge is 0.458 e. The number of nitrogens with one attached hydrogen (secondary N) is 1. The summed E-state index contributed by atoms with van der Waals surface area (Å²) in [4.78, 5) is 8.31. The Kier molecular flexibility index (Phi) is 11.8. The summed E-state index contributed by atoms with van der Waals surface area (Å²) in [5.74, 6) is 0.762. The normalized spacial score (nSPS) is 11.4. The molecule has 0 saturated heterocycles. The van der Waals surface area contributed by atoms with E-state index in [0.29, 0.717) is 6.04 Å². The van der Waals surface area contributed by atoms with Gasteiger partial charge in [0.2, 0.25) is 0 Å². The second-order valence-corrected chi connectivity index (χ2v) is 5.45. The lowest BCUT2D eigenvalue weighted by Crippen LogP contribution is -2.14. The van der Waals surface area contributed by atoms with Crippen LogP contribution in [-0.4, -0.2) is 53.2 Å². The summed E-state index contributed by atoms with van der Waals surface area (Å²) in [5.41, 5.74) is 2.65. The molecule has 2 heterocycles. The number of ether oxygens (including phenoxy) is 1. The van der Waals surface area contributed by atoms with Crippen molar-refractivity contribution in [2.75, 3.05) is 26.1 Å². The van der Waals surface area contributed by atoms with E-state index < -0.39 is 0 Å². The Morgan fingerprint density at radius 1 is 1.29 bits per heavy atom. The molecule has 0 bridgehead atoms. The fourth-order valence-corrected chi connectivity index (χ4v) is 1.95. The van der Waals surface area contributed by atoms with Gasteiger partial charge < -0.3 is 24.7 Å². The van der Waals surface area contributed by atoms with Crippen molar-refractivity contribution in [3.8, 4) is 0 Å². The molecule has 0 fully saturated rings. The smallest absolute Gasteiger partial charge is 0.194 e. The van der Waals surface area contributed by atoms with Gasteiger partial charge in [-0.25, -0.2) is 9.97 Å². The van der Waals surface area contributed by atoms with Crippen LogP contribution in [0.2, 0.25) is 0 Å². The summed E-state index contributed by atoms with van der Waals surface area (Å²) in [6.45, 7) is 8.30. The Labute approximate surface area is 144 Å². The number of hydrogen-bond donors (Lipinski definition) is 3. The summed E-state index contributed by atoms with van der Waals surface area (Å²) >= 11 is 0. The van der Waals surface area contributed by atoms with E-state index in [1.165, 1.54) is 0 Å². The highest BCUT2D eigenvalue weighted by Crippen LogP contribution is 2.23. The second-order valence-electron chi connectivity index (χ2n) is 5.45. The molecule has 0 saturated carbocycles. The zero-order chi connectivity index (χ0) is 18.5. The maximum Gasteiger partial charge on any atom is 0.194 e. The molecule has 2 rings (SSSR count). The third kappa shape index (κ3) is 7.25. The van der Waals surface area contributed by atoms with Gasteiger partial charge in [0, 0.05) is 25.8 Å². The van der Waals surface area contributed by atoms with Crippen LogP contribution in [-0.2, 0) is 4.74 Å². The van der Waals surface area contributed by atoms with Crippen molar-refractivity contribution in [3.05, 3.63) is 18.2 Å². The summed E-state index contributed by atoms with van der Waals surface area (Å²) in [7, 11) is 2.62. The molecule has 3 N–H and O–H groups in total. The standard InChI is InChI=1S/C10H13N3O.C6H14O2.CH4O/c1-6(2)13-10-9-8(11-5-12-10)7(3)4-14-9;1-3-4-6(5-7)8-2;1-2/h4-6H,1-3H3,(H,11,12,13);6-7H,3-5H2,1-2H3;2H,1H3. The van der Waals surface area contributed by atoms with Crippen molar-refractivity contribution in [2.24, 2.45) is 0 Å². The maximum absolute atomic E-state index is 8.53. The highest BCUT2D eigenvalue weighted by Gasteiger charge is 2.09. The molecule has 0 spiro atoms. The zero-order valence-corrected chi connectivity index (χ0v) is 15.5. The molecule has 1 unspecified atom stereocenters. The zero-order valence-electron chi connectivity index (χ0n) is 15.5. The van der Waals surface area contributed by atoms with Gasteiger partial charge in [0.25, 0.3) is 0 Å². The molecular formula is C17H31N3O4. The van der Waals surface area contributed by atoms with E-state index in [-0.39, 0.29) is 12.7 Å². The van der Waals surface area contributed by atoms with Gasteiger partial charge >= 0.3 is 0 Å². The van der Waals surface area contributed by atoms with Crippen LogP contribution in [0.15, 0.2) is 17.0 Å². The molecule has 1 atom stereocenters. The number of nitrogens with zero attached hydrogens (tertiary/aromatic N) is 2. The second kappa shape index (κ2) is 12.7. The number of fused-ring (bicyclic) bond motifs is 1. The SMILES string of the molecule is CCCC(CO)OC.CO.Cc1coc2c(NC(C)C)ncnc12. The van der Waals surface area contributed by atoms with Gasteiger partial charge in [-0.15, -0.1) is 0 Å². The van der Waals surface area contributed by atoms with Gasteiger partial charge in [-0.1, -0.05) is 13.3 Å². The molecule has 7 nitrogen and oxygen atoms in total. The molecule has 0 radical (unpaired) electrons. The number of aromatic nitrogens is 2. The third-order valence-corrected chi connectivity index (χ3v) is 3.10. The summed E-state index contributed by atoms with van der Waals surface area (Å²) in [6, 6.07) is 0.332. The lowest BCUT2D eigenvalue weighted by molar-refractivity contribution is 0.0428. The average Bonchev–Trinajstić information content (AvgIpc) is 2.97. The molecule has 24 heavy (non-hydrogen) atoms. The van der Waals surface area contributed by atoms with Crippen LogP contribution >= 0.6 is 0 Å². The molecular weight excluding hydrogens is 310 g/mol. The third-order valence-electron chi connectivity index (χ3n) is 3.10. The molecule has 0 aliphatic heterocycles. The van der Waals surface area contributed by atoms with E-state index in [4.69, 9.17) is 19.4 Å².